The van der Waals surface area contributed by atoms with Crippen molar-refractivity contribution in [3.63, 3.8) is 0 Å². The number of aromatic nitrogens is 3. The second kappa shape index (κ2) is 8.94. The maximum Gasteiger partial charge on any atom is 0.255 e. The van der Waals surface area contributed by atoms with Crippen LogP contribution in [0.3, 0.4) is 0 Å². The third-order valence-electron chi connectivity index (χ3n) is 5.04. The summed E-state index contributed by atoms with van der Waals surface area (Å²) in [7, 11) is 1.88. The number of nitrogens with one attached hydrogen (secondary N) is 1. The van der Waals surface area contributed by atoms with Crippen molar-refractivity contribution in [1.82, 2.24) is 25.0 Å². The molecule has 140 valence electrons. The van der Waals surface area contributed by atoms with E-state index in [9.17, 15) is 4.79 Å². The topological polar surface area (TPSA) is 63.1 Å². The Balaban J connectivity index is 1.58. The summed E-state index contributed by atoms with van der Waals surface area (Å²) >= 11 is 0. The second-order valence-corrected chi connectivity index (χ2v) is 7.16. The number of aryl methyl sites for hydroxylation is 1. The van der Waals surface area contributed by atoms with Crippen molar-refractivity contribution in [2.75, 3.05) is 19.6 Å². The molecule has 3 heterocycles. The molecule has 1 saturated heterocycles. The van der Waals surface area contributed by atoms with E-state index in [-0.39, 0.29) is 5.91 Å². The molecule has 6 nitrogen and oxygen atoms in total. The molecule has 0 radical (unpaired) electrons. The summed E-state index contributed by atoms with van der Waals surface area (Å²) in [6.07, 6.45) is 8.03. The number of carbonyl (C=O) groups excluding carboxylic acids is 1. The first-order valence-corrected chi connectivity index (χ1v) is 9.58. The Labute approximate surface area is 155 Å². The van der Waals surface area contributed by atoms with Gasteiger partial charge in [-0.15, -0.1) is 0 Å². The Morgan fingerprint density at radius 3 is 2.81 bits per heavy atom. The first kappa shape index (κ1) is 18.6. The number of rotatable bonds is 7. The van der Waals surface area contributed by atoms with Crippen LogP contribution in [0.25, 0.3) is 0 Å². The summed E-state index contributed by atoms with van der Waals surface area (Å²) in [5.74, 6) is 0.544. The van der Waals surface area contributed by atoms with Gasteiger partial charge in [-0.05, 0) is 63.4 Å². The van der Waals surface area contributed by atoms with E-state index in [0.717, 1.165) is 30.9 Å². The van der Waals surface area contributed by atoms with Gasteiger partial charge in [0.05, 0.1) is 23.5 Å². The van der Waals surface area contributed by atoms with E-state index >= 15 is 0 Å². The summed E-state index contributed by atoms with van der Waals surface area (Å²) in [5, 5.41) is 7.53. The van der Waals surface area contributed by atoms with Gasteiger partial charge in [0, 0.05) is 19.4 Å². The van der Waals surface area contributed by atoms with E-state index in [1.54, 1.807) is 10.9 Å². The largest absolute Gasteiger partial charge is 0.346 e. The normalized spacial score (nSPS) is 15.9. The van der Waals surface area contributed by atoms with E-state index in [2.05, 4.69) is 27.2 Å². The Bertz CT molecular complexity index is 704. The highest BCUT2D eigenvalue weighted by atomic mass is 16.1. The van der Waals surface area contributed by atoms with Crippen molar-refractivity contribution in [2.45, 2.75) is 39.2 Å². The van der Waals surface area contributed by atoms with Crippen LogP contribution in [0.1, 0.15) is 47.9 Å². The van der Waals surface area contributed by atoms with Crippen LogP contribution in [0, 0.1) is 5.92 Å². The van der Waals surface area contributed by atoms with Gasteiger partial charge in [-0.1, -0.05) is 13.0 Å². The summed E-state index contributed by atoms with van der Waals surface area (Å²) < 4.78 is 1.75. The lowest BCUT2D eigenvalue weighted by atomic mass is 9.91. The summed E-state index contributed by atoms with van der Waals surface area (Å²) in [4.78, 5) is 19.4. The molecule has 2 aromatic rings. The van der Waals surface area contributed by atoms with Crippen LogP contribution in [0.4, 0.5) is 0 Å². The maximum absolute atomic E-state index is 12.6. The summed E-state index contributed by atoms with van der Waals surface area (Å²) in [6.45, 7) is 6.18. The fourth-order valence-electron chi connectivity index (χ4n) is 3.65. The molecule has 1 fully saturated rings. The van der Waals surface area contributed by atoms with E-state index in [4.69, 9.17) is 0 Å². The highest BCUT2D eigenvalue weighted by Crippen LogP contribution is 2.22. The molecule has 0 aromatic carbocycles. The highest BCUT2D eigenvalue weighted by molar-refractivity contribution is 5.95. The monoisotopic (exact) mass is 355 g/mol. The molecule has 0 saturated carbocycles. The van der Waals surface area contributed by atoms with Gasteiger partial charge in [0.15, 0.2) is 0 Å². The minimum atomic E-state index is -0.0674. The van der Waals surface area contributed by atoms with Gasteiger partial charge in [0.2, 0.25) is 0 Å². The molecule has 1 aliphatic rings. The lowest BCUT2D eigenvalue weighted by Gasteiger charge is -2.31. The van der Waals surface area contributed by atoms with Gasteiger partial charge in [0.25, 0.3) is 5.91 Å². The van der Waals surface area contributed by atoms with Gasteiger partial charge in [-0.25, -0.2) is 0 Å². The van der Waals surface area contributed by atoms with Crippen molar-refractivity contribution in [2.24, 2.45) is 13.0 Å². The zero-order valence-electron chi connectivity index (χ0n) is 15.8. The minimum absolute atomic E-state index is 0.0674. The zero-order chi connectivity index (χ0) is 18.4. The molecule has 0 spiro atoms. The number of nitrogens with zero attached hydrogens (tertiary/aromatic N) is 4. The molecule has 26 heavy (non-hydrogen) atoms. The molecule has 6 heteroatoms. The molecule has 1 amide bonds. The Kier molecular flexibility index (Phi) is 6.39. The number of hydrogen-bond acceptors (Lipinski definition) is 4. The van der Waals surface area contributed by atoms with Crippen LogP contribution < -0.4 is 5.32 Å². The third kappa shape index (κ3) is 4.91. The van der Waals surface area contributed by atoms with E-state index in [1.807, 2.05) is 31.4 Å². The lowest BCUT2D eigenvalue weighted by molar-refractivity contribution is 0.0949. The van der Waals surface area contributed by atoms with Crippen LogP contribution in [-0.2, 0) is 20.0 Å². The van der Waals surface area contributed by atoms with Gasteiger partial charge in [-0.3, -0.25) is 14.5 Å². The number of piperidine rings is 1. The fraction of sp³-hybridized carbons (Fsp3) is 0.550. The van der Waals surface area contributed by atoms with Gasteiger partial charge in [-0.2, -0.15) is 5.10 Å². The van der Waals surface area contributed by atoms with Crippen LogP contribution in [-0.4, -0.2) is 45.2 Å². The molecule has 1 aliphatic heterocycles. The Hall–Kier alpha value is -2.21. The van der Waals surface area contributed by atoms with Crippen molar-refractivity contribution in [3.8, 4) is 0 Å². The number of hydrogen-bond donors (Lipinski definition) is 1. The number of carbonyl (C=O) groups is 1. The highest BCUT2D eigenvalue weighted by Gasteiger charge is 2.23. The molecule has 0 atom stereocenters. The number of pyridine rings is 1. The molecular weight excluding hydrogens is 326 g/mol. The molecule has 0 bridgehead atoms. The summed E-state index contributed by atoms with van der Waals surface area (Å²) in [6, 6.07) is 5.71. The second-order valence-electron chi connectivity index (χ2n) is 7.16. The Morgan fingerprint density at radius 1 is 1.31 bits per heavy atom. The lowest BCUT2D eigenvalue weighted by Crippen LogP contribution is -2.35. The molecule has 3 rings (SSSR count). The minimum Gasteiger partial charge on any atom is -0.346 e. The zero-order valence-corrected chi connectivity index (χ0v) is 15.8. The predicted molar refractivity (Wildman–Crippen MR) is 102 cm³/mol. The standard InChI is InChI=1S/C20H29N5O/c1-3-10-25-11-7-16(8-12-25)13-19-18(15-24(2)23-19)20(26)22-14-17-6-4-5-9-21-17/h4-6,9,15-16H,3,7-8,10-14H2,1-2H3,(H,22,26). The Morgan fingerprint density at radius 2 is 2.12 bits per heavy atom. The first-order chi connectivity index (χ1) is 12.7. The molecular formula is C20H29N5O. The quantitative estimate of drug-likeness (QED) is 0.828. The van der Waals surface area contributed by atoms with E-state index < -0.39 is 0 Å². The van der Waals surface area contributed by atoms with E-state index in [1.165, 1.54) is 25.8 Å². The smallest absolute Gasteiger partial charge is 0.255 e. The number of amides is 1. The maximum atomic E-state index is 12.6. The van der Waals surface area contributed by atoms with Crippen LogP contribution in [0.15, 0.2) is 30.6 Å². The van der Waals surface area contributed by atoms with Gasteiger partial charge >= 0.3 is 0 Å². The van der Waals surface area contributed by atoms with E-state index in [0.29, 0.717) is 18.0 Å². The van der Waals surface area contributed by atoms with Crippen molar-refractivity contribution < 1.29 is 4.79 Å². The van der Waals surface area contributed by atoms with Gasteiger partial charge < -0.3 is 10.2 Å². The third-order valence-corrected chi connectivity index (χ3v) is 5.04. The van der Waals surface area contributed by atoms with Crippen LogP contribution in [0.5, 0.6) is 0 Å². The predicted octanol–water partition coefficient (Wildman–Crippen LogP) is 2.41. The SMILES string of the molecule is CCCN1CCC(Cc2nn(C)cc2C(=O)NCc2ccccn2)CC1. The van der Waals surface area contributed by atoms with Crippen molar-refractivity contribution in [1.29, 1.82) is 0 Å². The first-order valence-electron chi connectivity index (χ1n) is 9.58. The average molecular weight is 355 g/mol. The molecule has 0 unspecified atom stereocenters. The molecule has 2 aromatic heterocycles. The number of likely N-dealkylation sites (tertiary alicyclic amines) is 1. The van der Waals surface area contributed by atoms with Crippen LogP contribution >= 0.6 is 0 Å². The van der Waals surface area contributed by atoms with Crippen LogP contribution in [0.2, 0.25) is 0 Å². The van der Waals surface area contributed by atoms with Crippen molar-refractivity contribution >= 4 is 5.91 Å². The fourth-order valence-corrected chi connectivity index (χ4v) is 3.65. The average Bonchev–Trinajstić information content (AvgIpc) is 3.03. The molecule has 0 aliphatic carbocycles. The summed E-state index contributed by atoms with van der Waals surface area (Å²) in [5.41, 5.74) is 2.47. The van der Waals surface area contributed by atoms with Crippen molar-refractivity contribution in [3.05, 3.63) is 47.5 Å². The van der Waals surface area contributed by atoms with Gasteiger partial charge in [0.1, 0.15) is 0 Å². The molecule has 1 N–H and O–H groups in total.